The number of nitrogens with zero attached hydrogens (tertiary/aromatic N) is 2. The van der Waals surface area contributed by atoms with Crippen LogP contribution in [0.1, 0.15) is 91.5 Å². The molecule has 0 saturated carbocycles. The van der Waals surface area contributed by atoms with Gasteiger partial charge in [0, 0.05) is 38.4 Å². The highest BCUT2D eigenvalue weighted by atomic mass is 16.7. The van der Waals surface area contributed by atoms with E-state index in [1.165, 1.54) is 35.2 Å². The highest BCUT2D eigenvalue weighted by Crippen LogP contribution is 2.24. The maximum atomic E-state index is 14.3. The summed E-state index contributed by atoms with van der Waals surface area (Å²) in [5, 5.41) is 29.9. The number of esters is 1. The smallest absolute Gasteiger partial charge is 0.325 e. The second kappa shape index (κ2) is 23.6. The fourth-order valence-corrected chi connectivity index (χ4v) is 7.28. The number of amides is 4. The largest absolute Gasteiger partial charge is 0.508 e. The second-order valence-corrected chi connectivity index (χ2v) is 16.3. The van der Waals surface area contributed by atoms with Crippen LogP contribution >= 0.6 is 0 Å². The van der Waals surface area contributed by atoms with Crippen LogP contribution in [0.4, 0.5) is 0 Å². The number of hydrazine groups is 1. The SMILES string of the molecule is CC(=O)CCC1C(=O)NC(C(C)C)C(=O)NC(Cc2cccc(O)c2)C(=O)N2CCCC(N2)C(=O)OC(C(C)=CC=CC(=O)N2CCCCO2)CC=CC=CCC(C)C1O. The number of hydrogen-bond acceptors (Lipinski definition) is 11. The van der Waals surface area contributed by atoms with Crippen LogP contribution < -0.4 is 16.1 Å². The van der Waals surface area contributed by atoms with Crippen LogP contribution in [-0.2, 0) is 44.8 Å². The summed E-state index contributed by atoms with van der Waals surface area (Å²) >= 11 is 0. The van der Waals surface area contributed by atoms with Gasteiger partial charge in [0.2, 0.25) is 11.8 Å². The number of aliphatic hydroxyl groups excluding tert-OH is 1. The second-order valence-electron chi connectivity index (χ2n) is 16.3. The van der Waals surface area contributed by atoms with Gasteiger partial charge in [-0.1, -0.05) is 69.4 Å². The Hall–Kier alpha value is -5.12. The lowest BCUT2D eigenvalue weighted by atomic mass is 9.85. The standard InChI is InChI=1S/C45H63N5O10/c1-29(2)40-43(56)46-37(28-33-17-13-18-34(52)27-33)44(57)49-24-14-19-36(48-49)45(58)60-38(30(3)16-12-21-39(53)50-25-10-11-26-59-50)20-9-7-6-8-15-31(4)41(54)35(42(55)47-40)23-22-32(5)51/h6-9,12-13,16-18,21,27,29,31,35-38,40-41,48,52,54H,10-11,14-15,19-20,22-26,28H2,1-5H3,(H,46,56)(H,47,55). The number of allylic oxidation sites excluding steroid dienone is 5. The molecule has 3 aliphatic heterocycles. The van der Waals surface area contributed by atoms with Gasteiger partial charge in [-0.15, -0.1) is 0 Å². The number of aliphatic hydroxyl groups is 1. The number of phenolic OH excluding ortho intramolecular Hbond substituents is 1. The molecule has 4 amide bonds. The maximum Gasteiger partial charge on any atom is 0.325 e. The van der Waals surface area contributed by atoms with E-state index in [-0.39, 0.29) is 49.7 Å². The number of ketones is 1. The van der Waals surface area contributed by atoms with Gasteiger partial charge in [-0.05, 0) is 87.5 Å². The molecule has 7 atom stereocenters. The summed E-state index contributed by atoms with van der Waals surface area (Å²) in [7, 11) is 0. The van der Waals surface area contributed by atoms with Crippen LogP contribution in [0.3, 0.4) is 0 Å². The number of Topliss-reactive ketones (excluding diaryl/α,β-unsaturated/α-hetero) is 1. The maximum absolute atomic E-state index is 14.3. The minimum absolute atomic E-state index is 0.0195. The molecule has 0 aliphatic carbocycles. The third-order valence-corrected chi connectivity index (χ3v) is 10.9. The lowest BCUT2D eigenvalue weighted by Gasteiger charge is -2.36. The molecule has 60 heavy (non-hydrogen) atoms. The molecule has 0 radical (unpaired) electrons. The van der Waals surface area contributed by atoms with Gasteiger partial charge in [-0.2, -0.15) is 0 Å². The molecule has 4 rings (SSSR count). The van der Waals surface area contributed by atoms with E-state index in [1.54, 1.807) is 64.1 Å². The number of phenols is 1. The Labute approximate surface area is 353 Å². The molecule has 5 N–H and O–H groups in total. The predicted molar refractivity (Wildman–Crippen MR) is 224 cm³/mol. The first-order chi connectivity index (χ1) is 28.6. The van der Waals surface area contributed by atoms with E-state index in [1.807, 2.05) is 12.2 Å². The Kier molecular flexibility index (Phi) is 18.7. The summed E-state index contributed by atoms with van der Waals surface area (Å²) in [4.78, 5) is 86.3. The summed E-state index contributed by atoms with van der Waals surface area (Å²) in [5.41, 5.74) is 4.24. The van der Waals surface area contributed by atoms with Crippen molar-refractivity contribution in [2.24, 2.45) is 17.8 Å². The van der Waals surface area contributed by atoms with Crippen LogP contribution in [0.2, 0.25) is 0 Å². The van der Waals surface area contributed by atoms with E-state index in [2.05, 4.69) is 16.1 Å². The number of ether oxygens (including phenoxy) is 1. The minimum Gasteiger partial charge on any atom is -0.508 e. The quantitative estimate of drug-likeness (QED) is 0.137. The van der Waals surface area contributed by atoms with Gasteiger partial charge in [-0.25, -0.2) is 10.5 Å². The molecule has 15 heteroatoms. The average molecular weight is 834 g/mol. The molecule has 7 unspecified atom stereocenters. The van der Waals surface area contributed by atoms with E-state index in [0.717, 1.165) is 12.8 Å². The number of hydrogen-bond donors (Lipinski definition) is 5. The predicted octanol–water partition coefficient (Wildman–Crippen LogP) is 3.91. The van der Waals surface area contributed by atoms with Gasteiger partial charge in [0.25, 0.3) is 11.8 Å². The van der Waals surface area contributed by atoms with Crippen molar-refractivity contribution in [3.63, 3.8) is 0 Å². The first-order valence-electron chi connectivity index (χ1n) is 21.1. The number of benzene rings is 1. The number of hydroxylamine groups is 2. The van der Waals surface area contributed by atoms with E-state index in [4.69, 9.17) is 9.57 Å². The van der Waals surface area contributed by atoms with E-state index in [9.17, 15) is 39.0 Å². The zero-order valence-electron chi connectivity index (χ0n) is 35.5. The lowest BCUT2D eigenvalue weighted by Crippen LogP contribution is -2.62. The summed E-state index contributed by atoms with van der Waals surface area (Å²) < 4.78 is 6.07. The monoisotopic (exact) mass is 833 g/mol. The molecule has 2 saturated heterocycles. The number of carbonyl (C=O) groups excluding carboxylic acids is 6. The van der Waals surface area contributed by atoms with Gasteiger partial charge in [0.15, 0.2) is 0 Å². The number of cyclic esters (lactones) is 1. The Balaban J connectivity index is 1.67. The van der Waals surface area contributed by atoms with Crippen LogP contribution in [0.25, 0.3) is 0 Å². The topological polar surface area (TPSA) is 204 Å². The summed E-state index contributed by atoms with van der Waals surface area (Å²) in [6.45, 7) is 9.72. The van der Waals surface area contributed by atoms with Crippen molar-refractivity contribution in [1.82, 2.24) is 26.1 Å². The summed E-state index contributed by atoms with van der Waals surface area (Å²) in [6, 6.07) is 3.12. The Morgan fingerprint density at radius 1 is 0.983 bits per heavy atom. The number of aromatic hydroxyl groups is 1. The third kappa shape index (κ3) is 14.6. The van der Waals surface area contributed by atoms with Crippen molar-refractivity contribution < 1.29 is 48.6 Å². The van der Waals surface area contributed by atoms with Gasteiger partial charge in [0.1, 0.15) is 35.8 Å². The highest BCUT2D eigenvalue weighted by Gasteiger charge is 2.38. The normalized spacial score (nSPS) is 27.2. The van der Waals surface area contributed by atoms with Gasteiger partial charge >= 0.3 is 5.97 Å². The van der Waals surface area contributed by atoms with Crippen molar-refractivity contribution in [2.75, 3.05) is 19.7 Å². The number of rotatable bonds is 9. The molecule has 0 spiro atoms. The summed E-state index contributed by atoms with van der Waals surface area (Å²) in [5.74, 6) is -4.66. The number of nitrogens with one attached hydrogen (secondary N) is 3. The molecule has 0 aromatic heterocycles. The first kappa shape index (κ1) is 47.6. The average Bonchev–Trinajstić information content (AvgIpc) is 3.22. The van der Waals surface area contributed by atoms with Crippen molar-refractivity contribution >= 4 is 35.4 Å². The molecule has 328 valence electrons. The molecule has 1 aromatic carbocycles. The van der Waals surface area contributed by atoms with Gasteiger partial charge < -0.3 is 30.4 Å². The van der Waals surface area contributed by atoms with Crippen molar-refractivity contribution in [2.45, 2.75) is 123 Å². The zero-order valence-corrected chi connectivity index (χ0v) is 35.5. The molecule has 3 aliphatic rings. The summed E-state index contributed by atoms with van der Waals surface area (Å²) in [6.07, 6.45) is 13.5. The highest BCUT2D eigenvalue weighted by molar-refractivity contribution is 5.93. The number of fused-ring (bicyclic) bond motifs is 2. The molecular weight excluding hydrogens is 771 g/mol. The molecule has 3 heterocycles. The Morgan fingerprint density at radius 2 is 1.73 bits per heavy atom. The van der Waals surface area contributed by atoms with E-state index < -0.39 is 71.8 Å². The Bertz CT molecular complexity index is 1780. The van der Waals surface area contributed by atoms with Crippen molar-refractivity contribution in [3.05, 3.63) is 77.9 Å². The van der Waals surface area contributed by atoms with Gasteiger partial charge in [-0.3, -0.25) is 33.8 Å². The third-order valence-electron chi connectivity index (χ3n) is 10.9. The molecule has 2 fully saturated rings. The first-order valence-corrected chi connectivity index (χ1v) is 21.1. The van der Waals surface area contributed by atoms with Crippen LogP contribution in [0, 0.1) is 17.8 Å². The lowest BCUT2D eigenvalue weighted by molar-refractivity contribution is -0.191. The molecular formula is C45H63N5O10. The van der Waals surface area contributed by atoms with Crippen molar-refractivity contribution in [3.8, 4) is 5.75 Å². The van der Waals surface area contributed by atoms with E-state index >= 15 is 0 Å². The fraction of sp³-hybridized carbons (Fsp3) is 0.556. The molecule has 1 aromatic rings. The van der Waals surface area contributed by atoms with Crippen molar-refractivity contribution in [1.29, 1.82) is 0 Å². The number of carbonyl (C=O) groups is 6. The van der Waals surface area contributed by atoms with Crippen LogP contribution in [0.15, 0.2) is 72.4 Å². The zero-order chi connectivity index (χ0) is 43.8. The van der Waals surface area contributed by atoms with Crippen LogP contribution in [0.5, 0.6) is 5.75 Å². The van der Waals surface area contributed by atoms with Crippen LogP contribution in [-0.4, -0.2) is 106 Å². The van der Waals surface area contributed by atoms with Gasteiger partial charge in [0.05, 0.1) is 18.6 Å². The van der Waals surface area contributed by atoms with E-state index in [0.29, 0.717) is 43.6 Å². The Morgan fingerprint density at radius 3 is 2.42 bits per heavy atom. The molecule has 15 nitrogen and oxygen atoms in total. The fourth-order valence-electron chi connectivity index (χ4n) is 7.28. The minimum atomic E-state index is -1.18. The molecule has 2 bridgehead atoms.